The second kappa shape index (κ2) is 6.81. The zero-order valence-electron chi connectivity index (χ0n) is 15.4. The van der Waals surface area contributed by atoms with Crippen molar-refractivity contribution in [3.8, 4) is 0 Å². The summed E-state index contributed by atoms with van der Waals surface area (Å²) in [4.78, 5) is 5.54. The minimum atomic E-state index is 0.488. The van der Waals surface area contributed by atoms with Crippen LogP contribution in [0.25, 0.3) is 0 Å². The first-order valence-electron chi connectivity index (χ1n) is 9.96. The predicted octanol–water partition coefficient (Wildman–Crippen LogP) is 4.40. The third-order valence-electron chi connectivity index (χ3n) is 7.57. The lowest BCUT2D eigenvalue weighted by molar-refractivity contribution is 0.0245. The van der Waals surface area contributed by atoms with E-state index in [1.165, 1.54) is 90.6 Å². The van der Waals surface area contributed by atoms with Gasteiger partial charge in [-0.05, 0) is 81.5 Å². The first-order chi connectivity index (χ1) is 10.5. The van der Waals surface area contributed by atoms with Crippen LogP contribution in [0.15, 0.2) is 0 Å². The van der Waals surface area contributed by atoms with Gasteiger partial charge in [-0.2, -0.15) is 0 Å². The summed E-state index contributed by atoms with van der Waals surface area (Å²) in [6.45, 7) is 15.9. The molecule has 22 heavy (non-hydrogen) atoms. The van der Waals surface area contributed by atoms with Gasteiger partial charge >= 0.3 is 0 Å². The average molecular weight is 307 g/mol. The Balaban J connectivity index is 1.60. The van der Waals surface area contributed by atoms with Crippen molar-refractivity contribution < 1.29 is 0 Å². The van der Waals surface area contributed by atoms with Crippen LogP contribution in [-0.2, 0) is 0 Å². The summed E-state index contributed by atoms with van der Waals surface area (Å²) in [5, 5.41) is 0. The molecule has 2 nitrogen and oxygen atoms in total. The average Bonchev–Trinajstić information content (AvgIpc) is 2.73. The van der Waals surface area contributed by atoms with Crippen molar-refractivity contribution >= 4 is 0 Å². The van der Waals surface area contributed by atoms with Crippen LogP contribution in [0.5, 0.6) is 0 Å². The summed E-state index contributed by atoms with van der Waals surface area (Å²) >= 11 is 0. The SMILES string of the molecule is CC1(C)[C@H](CN2CCCCC2)CC[C@]1(C)CN1CCCCC1. The highest BCUT2D eigenvalue weighted by atomic mass is 15.1. The molecule has 1 aliphatic carbocycles. The van der Waals surface area contributed by atoms with E-state index < -0.39 is 0 Å². The van der Waals surface area contributed by atoms with Crippen LogP contribution in [0.4, 0.5) is 0 Å². The van der Waals surface area contributed by atoms with Gasteiger partial charge in [0.25, 0.3) is 0 Å². The summed E-state index contributed by atoms with van der Waals surface area (Å²) in [7, 11) is 0. The summed E-state index contributed by atoms with van der Waals surface area (Å²) in [6, 6.07) is 0. The number of hydrogen-bond acceptors (Lipinski definition) is 2. The highest BCUT2D eigenvalue weighted by Crippen LogP contribution is 2.56. The van der Waals surface area contributed by atoms with E-state index in [1.807, 2.05) is 0 Å². The molecule has 1 saturated carbocycles. The number of piperidine rings is 2. The Bertz CT molecular complexity index is 353. The minimum absolute atomic E-state index is 0.488. The molecule has 0 aromatic heterocycles. The fourth-order valence-electron chi connectivity index (χ4n) is 5.34. The maximum atomic E-state index is 2.77. The van der Waals surface area contributed by atoms with E-state index in [0.29, 0.717) is 10.8 Å². The van der Waals surface area contributed by atoms with E-state index in [1.54, 1.807) is 0 Å². The topological polar surface area (TPSA) is 6.48 Å². The molecule has 0 aromatic carbocycles. The molecule has 2 saturated heterocycles. The van der Waals surface area contributed by atoms with Crippen LogP contribution in [0.1, 0.15) is 72.1 Å². The lowest BCUT2D eigenvalue weighted by atomic mass is 9.65. The van der Waals surface area contributed by atoms with E-state index in [0.717, 1.165) is 5.92 Å². The van der Waals surface area contributed by atoms with E-state index in [2.05, 4.69) is 30.6 Å². The lowest BCUT2D eigenvalue weighted by Gasteiger charge is -2.46. The quantitative estimate of drug-likeness (QED) is 0.759. The van der Waals surface area contributed by atoms with Gasteiger partial charge in [0.05, 0.1) is 0 Å². The van der Waals surface area contributed by atoms with Crippen LogP contribution in [0.3, 0.4) is 0 Å². The monoisotopic (exact) mass is 306 g/mol. The molecule has 0 spiro atoms. The van der Waals surface area contributed by atoms with Crippen molar-refractivity contribution in [3.05, 3.63) is 0 Å². The van der Waals surface area contributed by atoms with Crippen molar-refractivity contribution in [1.29, 1.82) is 0 Å². The molecule has 3 aliphatic rings. The Hall–Kier alpha value is -0.0800. The summed E-state index contributed by atoms with van der Waals surface area (Å²) in [6.07, 6.45) is 11.5. The summed E-state index contributed by atoms with van der Waals surface area (Å²) in [5.74, 6) is 0.903. The predicted molar refractivity (Wildman–Crippen MR) is 95.2 cm³/mol. The van der Waals surface area contributed by atoms with Crippen LogP contribution < -0.4 is 0 Å². The van der Waals surface area contributed by atoms with E-state index >= 15 is 0 Å². The van der Waals surface area contributed by atoms with Gasteiger partial charge in [0.15, 0.2) is 0 Å². The molecule has 0 unspecified atom stereocenters. The standard InChI is InChI=1S/C20H38N2/c1-19(2)18(16-21-12-6-4-7-13-21)10-11-20(19,3)17-22-14-8-5-9-15-22/h18H,4-17H2,1-3H3/t18-,20+/m0/s1. The van der Waals surface area contributed by atoms with Gasteiger partial charge in [-0.25, -0.2) is 0 Å². The van der Waals surface area contributed by atoms with Gasteiger partial charge in [-0.3, -0.25) is 0 Å². The van der Waals surface area contributed by atoms with Crippen molar-refractivity contribution in [2.45, 2.75) is 72.1 Å². The molecule has 3 rings (SSSR count). The first-order valence-corrected chi connectivity index (χ1v) is 9.96. The van der Waals surface area contributed by atoms with E-state index in [9.17, 15) is 0 Å². The van der Waals surface area contributed by atoms with Crippen LogP contribution >= 0.6 is 0 Å². The van der Waals surface area contributed by atoms with Gasteiger partial charge in [0.2, 0.25) is 0 Å². The second-order valence-electron chi connectivity index (χ2n) is 9.22. The molecule has 0 amide bonds. The maximum Gasteiger partial charge on any atom is 0.00405 e. The van der Waals surface area contributed by atoms with Gasteiger partial charge in [0.1, 0.15) is 0 Å². The van der Waals surface area contributed by atoms with Crippen LogP contribution in [-0.4, -0.2) is 49.1 Å². The van der Waals surface area contributed by atoms with Crippen molar-refractivity contribution in [2.24, 2.45) is 16.7 Å². The number of hydrogen-bond donors (Lipinski definition) is 0. The molecule has 0 bridgehead atoms. The molecular weight excluding hydrogens is 268 g/mol. The Kier molecular flexibility index (Phi) is 5.19. The summed E-state index contributed by atoms with van der Waals surface area (Å²) in [5.41, 5.74) is 1.01. The fraction of sp³-hybridized carbons (Fsp3) is 1.00. The number of nitrogens with zero attached hydrogens (tertiary/aromatic N) is 2. The normalized spacial score (nSPS) is 37.5. The Labute approximate surface area is 138 Å². The minimum Gasteiger partial charge on any atom is -0.303 e. The fourth-order valence-corrected chi connectivity index (χ4v) is 5.34. The highest BCUT2D eigenvalue weighted by molar-refractivity contribution is 5.02. The zero-order valence-corrected chi connectivity index (χ0v) is 15.4. The highest BCUT2D eigenvalue weighted by Gasteiger charge is 2.51. The van der Waals surface area contributed by atoms with Gasteiger partial charge in [-0.15, -0.1) is 0 Å². The molecule has 0 radical (unpaired) electrons. The molecule has 0 aromatic rings. The molecule has 2 atom stereocenters. The Morgan fingerprint density at radius 2 is 1.32 bits per heavy atom. The Morgan fingerprint density at radius 1 is 0.773 bits per heavy atom. The van der Waals surface area contributed by atoms with Crippen molar-refractivity contribution in [1.82, 2.24) is 9.80 Å². The molecule has 2 heteroatoms. The van der Waals surface area contributed by atoms with Gasteiger partial charge in [-0.1, -0.05) is 33.6 Å². The second-order valence-corrected chi connectivity index (χ2v) is 9.22. The largest absolute Gasteiger partial charge is 0.303 e. The lowest BCUT2D eigenvalue weighted by Crippen LogP contribution is -2.47. The molecule has 2 aliphatic heterocycles. The number of likely N-dealkylation sites (tertiary alicyclic amines) is 2. The van der Waals surface area contributed by atoms with Crippen LogP contribution in [0.2, 0.25) is 0 Å². The Morgan fingerprint density at radius 3 is 1.91 bits per heavy atom. The molecule has 2 heterocycles. The van der Waals surface area contributed by atoms with Gasteiger partial charge < -0.3 is 9.80 Å². The van der Waals surface area contributed by atoms with Crippen molar-refractivity contribution in [2.75, 3.05) is 39.3 Å². The van der Waals surface area contributed by atoms with Crippen molar-refractivity contribution in [3.63, 3.8) is 0 Å². The first kappa shape index (κ1) is 16.8. The van der Waals surface area contributed by atoms with E-state index in [4.69, 9.17) is 0 Å². The molecule has 0 N–H and O–H groups in total. The molecule has 3 fully saturated rings. The third kappa shape index (κ3) is 3.38. The number of rotatable bonds is 4. The molecular formula is C20H38N2. The third-order valence-corrected chi connectivity index (χ3v) is 7.57. The van der Waals surface area contributed by atoms with E-state index in [-0.39, 0.29) is 0 Å². The molecule has 128 valence electrons. The van der Waals surface area contributed by atoms with Crippen LogP contribution in [0, 0.1) is 16.7 Å². The smallest absolute Gasteiger partial charge is 0.00405 e. The maximum absolute atomic E-state index is 2.77. The zero-order chi connectivity index (χ0) is 15.6. The summed E-state index contributed by atoms with van der Waals surface area (Å²) < 4.78 is 0. The van der Waals surface area contributed by atoms with Gasteiger partial charge in [0, 0.05) is 13.1 Å².